The van der Waals surface area contributed by atoms with Gasteiger partial charge in [-0.2, -0.15) is 0 Å². The summed E-state index contributed by atoms with van der Waals surface area (Å²) in [6.45, 7) is 0.493. The molecule has 0 radical (unpaired) electrons. The highest BCUT2D eigenvalue weighted by atomic mass is 19.3. The Morgan fingerprint density at radius 2 is 2.00 bits per heavy atom. The van der Waals surface area contributed by atoms with Gasteiger partial charge in [0.25, 0.3) is 5.92 Å². The summed E-state index contributed by atoms with van der Waals surface area (Å²) in [5.41, 5.74) is -1.05. The van der Waals surface area contributed by atoms with Crippen molar-refractivity contribution in [2.75, 3.05) is 6.61 Å². The van der Waals surface area contributed by atoms with Crippen LogP contribution in [0.4, 0.5) is 8.78 Å². The molecule has 9 heavy (non-hydrogen) atoms. The molecule has 1 nitrogen and oxygen atoms in total. The Morgan fingerprint density at radius 1 is 1.56 bits per heavy atom. The second-order valence-electron chi connectivity index (χ2n) is 2.83. The van der Waals surface area contributed by atoms with Crippen LogP contribution in [-0.4, -0.2) is 17.6 Å². The van der Waals surface area contributed by atoms with E-state index in [-0.39, 0.29) is 6.61 Å². The number of rotatable bonds is 2. The number of hydrogen-bond donors (Lipinski definition) is 1. The van der Waals surface area contributed by atoms with Gasteiger partial charge in [-0.05, 0) is 19.8 Å². The molecule has 1 saturated carbocycles. The van der Waals surface area contributed by atoms with Crippen molar-refractivity contribution in [3.8, 4) is 0 Å². The fourth-order valence-electron chi connectivity index (χ4n) is 0.887. The van der Waals surface area contributed by atoms with E-state index in [0.29, 0.717) is 12.8 Å². The average Bonchev–Trinajstić information content (AvgIpc) is 2.40. The van der Waals surface area contributed by atoms with E-state index in [1.54, 1.807) is 0 Å². The quantitative estimate of drug-likeness (QED) is 0.608. The van der Waals surface area contributed by atoms with Gasteiger partial charge in [0.1, 0.15) is 0 Å². The Balaban J connectivity index is 2.60. The molecule has 1 aliphatic rings. The molecule has 0 aromatic heterocycles. The van der Waals surface area contributed by atoms with Crippen LogP contribution in [0.3, 0.4) is 0 Å². The first kappa shape index (κ1) is 6.93. The van der Waals surface area contributed by atoms with Crippen LogP contribution in [0.1, 0.15) is 19.8 Å². The summed E-state index contributed by atoms with van der Waals surface area (Å²) in [5, 5.41) is 8.51. The minimum atomic E-state index is -2.69. The summed E-state index contributed by atoms with van der Waals surface area (Å²) < 4.78 is 24.8. The third-order valence-corrected chi connectivity index (χ3v) is 2.09. The number of halogens is 2. The molecule has 0 amide bonds. The van der Waals surface area contributed by atoms with E-state index in [0.717, 1.165) is 6.92 Å². The van der Waals surface area contributed by atoms with Gasteiger partial charge >= 0.3 is 0 Å². The van der Waals surface area contributed by atoms with Gasteiger partial charge in [0.2, 0.25) is 0 Å². The Morgan fingerprint density at radius 3 is 2.00 bits per heavy atom. The van der Waals surface area contributed by atoms with Crippen molar-refractivity contribution in [3.63, 3.8) is 0 Å². The van der Waals surface area contributed by atoms with Crippen molar-refractivity contribution >= 4 is 0 Å². The molecule has 0 aromatic rings. The maximum Gasteiger partial charge on any atom is 0.253 e. The second kappa shape index (κ2) is 1.66. The van der Waals surface area contributed by atoms with Crippen LogP contribution >= 0.6 is 0 Å². The van der Waals surface area contributed by atoms with E-state index in [4.69, 9.17) is 5.11 Å². The molecule has 0 atom stereocenters. The van der Waals surface area contributed by atoms with Gasteiger partial charge in [0.15, 0.2) is 0 Å². The van der Waals surface area contributed by atoms with Gasteiger partial charge in [-0.25, -0.2) is 8.78 Å². The van der Waals surface area contributed by atoms with Crippen LogP contribution in [0.15, 0.2) is 0 Å². The summed E-state index contributed by atoms with van der Waals surface area (Å²) >= 11 is 0. The molecule has 0 saturated heterocycles. The lowest BCUT2D eigenvalue weighted by molar-refractivity contribution is -0.0747. The topological polar surface area (TPSA) is 20.2 Å². The first-order chi connectivity index (χ1) is 4.02. The van der Waals surface area contributed by atoms with Crippen LogP contribution in [0.25, 0.3) is 0 Å². The molecule has 0 unspecified atom stereocenters. The lowest BCUT2D eigenvalue weighted by atomic mass is 10.0. The van der Waals surface area contributed by atoms with E-state index in [2.05, 4.69) is 0 Å². The lowest BCUT2D eigenvalue weighted by Gasteiger charge is -2.19. The minimum Gasteiger partial charge on any atom is -0.396 e. The maximum atomic E-state index is 12.4. The average molecular weight is 136 g/mol. The van der Waals surface area contributed by atoms with Crippen LogP contribution in [0, 0.1) is 5.41 Å². The SMILES string of the molecule is CC(F)(F)C1(CO)CC1. The number of aliphatic hydroxyl groups is 1. The third-order valence-electron chi connectivity index (χ3n) is 2.09. The van der Waals surface area contributed by atoms with Gasteiger partial charge in [-0.1, -0.05) is 0 Å². The first-order valence-corrected chi connectivity index (χ1v) is 3.00. The highest BCUT2D eigenvalue weighted by molar-refractivity contribution is 5.01. The number of aliphatic hydroxyl groups excluding tert-OH is 1. The van der Waals surface area contributed by atoms with Crippen molar-refractivity contribution in [3.05, 3.63) is 0 Å². The maximum absolute atomic E-state index is 12.4. The Bertz CT molecular complexity index is 113. The predicted molar refractivity (Wildman–Crippen MR) is 29.4 cm³/mol. The highest BCUT2D eigenvalue weighted by Crippen LogP contribution is 2.55. The molecule has 1 N–H and O–H groups in total. The zero-order valence-corrected chi connectivity index (χ0v) is 5.32. The monoisotopic (exact) mass is 136 g/mol. The smallest absolute Gasteiger partial charge is 0.253 e. The largest absolute Gasteiger partial charge is 0.396 e. The minimum absolute atomic E-state index is 0.378. The summed E-state index contributed by atoms with van der Waals surface area (Å²) in [6, 6.07) is 0. The molecular weight excluding hydrogens is 126 g/mol. The van der Waals surface area contributed by atoms with Crippen LogP contribution in [-0.2, 0) is 0 Å². The van der Waals surface area contributed by atoms with Gasteiger partial charge < -0.3 is 5.11 Å². The van der Waals surface area contributed by atoms with Crippen LogP contribution in [0.5, 0.6) is 0 Å². The van der Waals surface area contributed by atoms with Crippen molar-refractivity contribution in [1.82, 2.24) is 0 Å². The zero-order chi connectivity index (χ0) is 7.12. The summed E-state index contributed by atoms with van der Waals surface area (Å²) in [4.78, 5) is 0. The Kier molecular flexibility index (Phi) is 1.28. The van der Waals surface area contributed by atoms with E-state index >= 15 is 0 Å². The van der Waals surface area contributed by atoms with Crippen molar-refractivity contribution in [2.24, 2.45) is 5.41 Å². The van der Waals surface area contributed by atoms with Gasteiger partial charge in [-0.15, -0.1) is 0 Å². The molecule has 0 heterocycles. The molecular formula is C6H10F2O. The van der Waals surface area contributed by atoms with E-state index < -0.39 is 11.3 Å². The van der Waals surface area contributed by atoms with Crippen molar-refractivity contribution in [2.45, 2.75) is 25.7 Å². The molecule has 3 heteroatoms. The van der Waals surface area contributed by atoms with Gasteiger partial charge in [-0.3, -0.25) is 0 Å². The zero-order valence-electron chi connectivity index (χ0n) is 5.32. The second-order valence-corrected chi connectivity index (χ2v) is 2.83. The summed E-state index contributed by atoms with van der Waals surface area (Å²) in [7, 11) is 0. The number of alkyl halides is 2. The normalized spacial score (nSPS) is 24.0. The van der Waals surface area contributed by atoms with Gasteiger partial charge in [0, 0.05) is 0 Å². The Hall–Kier alpha value is -0.180. The molecule has 0 aliphatic heterocycles. The van der Waals surface area contributed by atoms with E-state index in [9.17, 15) is 8.78 Å². The molecule has 1 fully saturated rings. The standard InChI is InChI=1S/C6H10F2O/c1-5(7,8)6(4-9)2-3-6/h9H,2-4H2,1H3. The number of hydrogen-bond acceptors (Lipinski definition) is 1. The molecule has 1 aliphatic carbocycles. The van der Waals surface area contributed by atoms with Crippen LogP contribution in [0.2, 0.25) is 0 Å². The van der Waals surface area contributed by atoms with Crippen LogP contribution < -0.4 is 0 Å². The van der Waals surface area contributed by atoms with E-state index in [1.165, 1.54) is 0 Å². The summed E-state index contributed by atoms with van der Waals surface area (Å²) in [6.07, 6.45) is 0.931. The first-order valence-electron chi connectivity index (χ1n) is 3.00. The fourth-order valence-corrected chi connectivity index (χ4v) is 0.887. The molecule has 54 valence electrons. The molecule has 1 rings (SSSR count). The fraction of sp³-hybridized carbons (Fsp3) is 1.00. The lowest BCUT2D eigenvalue weighted by Crippen LogP contribution is -2.29. The third kappa shape index (κ3) is 0.936. The predicted octanol–water partition coefficient (Wildman–Crippen LogP) is 1.41. The van der Waals surface area contributed by atoms with Gasteiger partial charge in [0.05, 0.1) is 12.0 Å². The molecule has 0 spiro atoms. The highest BCUT2D eigenvalue weighted by Gasteiger charge is 2.58. The van der Waals surface area contributed by atoms with Crippen molar-refractivity contribution in [1.29, 1.82) is 0 Å². The van der Waals surface area contributed by atoms with Crippen molar-refractivity contribution < 1.29 is 13.9 Å². The Labute approximate surface area is 52.7 Å². The summed E-state index contributed by atoms with van der Waals surface area (Å²) in [5.74, 6) is -2.69. The molecule has 0 aromatic carbocycles. The van der Waals surface area contributed by atoms with E-state index in [1.807, 2.05) is 0 Å². The molecule has 0 bridgehead atoms.